The number of nitrogens with zero attached hydrogens (tertiary/aromatic N) is 3. The van der Waals surface area contributed by atoms with Crippen LogP contribution in [0.5, 0.6) is 0 Å². The lowest BCUT2D eigenvalue weighted by molar-refractivity contribution is -0.139. The molecule has 0 amide bonds. The summed E-state index contributed by atoms with van der Waals surface area (Å²) in [6.45, 7) is 3.78. The van der Waals surface area contributed by atoms with E-state index in [-0.39, 0.29) is 12.2 Å². The topological polar surface area (TPSA) is 73.6 Å². The zero-order valence-electron chi connectivity index (χ0n) is 16.0. The predicted octanol–water partition coefficient (Wildman–Crippen LogP) is 2.19. The van der Waals surface area contributed by atoms with Gasteiger partial charge in [0, 0.05) is 6.20 Å². The van der Waals surface area contributed by atoms with Crippen molar-refractivity contribution in [1.29, 1.82) is 0 Å². The molecule has 0 saturated carbocycles. The van der Waals surface area contributed by atoms with E-state index in [1.807, 2.05) is 48.5 Å². The molecule has 1 aromatic carbocycles. The molecule has 3 aromatic rings. The lowest BCUT2D eigenvalue weighted by Gasteiger charge is -2.24. The van der Waals surface area contributed by atoms with Crippen LogP contribution in [0.25, 0.3) is 6.08 Å². The van der Waals surface area contributed by atoms with E-state index in [0.29, 0.717) is 26.3 Å². The zero-order valence-corrected chi connectivity index (χ0v) is 16.8. The van der Waals surface area contributed by atoms with E-state index in [0.717, 1.165) is 5.56 Å². The Hall–Kier alpha value is -3.32. The fourth-order valence-corrected chi connectivity index (χ4v) is 4.37. The highest BCUT2D eigenvalue weighted by molar-refractivity contribution is 7.07. The highest BCUT2D eigenvalue weighted by Gasteiger charge is 2.33. The molecule has 1 aliphatic heterocycles. The second kappa shape index (κ2) is 7.97. The van der Waals surface area contributed by atoms with Crippen molar-refractivity contribution in [3.05, 3.63) is 96.9 Å². The van der Waals surface area contributed by atoms with E-state index in [1.54, 1.807) is 30.7 Å². The Bertz CT molecular complexity index is 1260. The van der Waals surface area contributed by atoms with Gasteiger partial charge in [0.1, 0.15) is 0 Å². The van der Waals surface area contributed by atoms with E-state index < -0.39 is 12.0 Å². The highest BCUT2D eigenvalue weighted by atomic mass is 32.1. The Kier molecular flexibility index (Phi) is 5.22. The molecule has 6 nitrogen and oxygen atoms in total. The van der Waals surface area contributed by atoms with Crippen molar-refractivity contribution in [3.8, 4) is 0 Å². The van der Waals surface area contributed by atoms with Gasteiger partial charge >= 0.3 is 5.97 Å². The third-order valence-corrected chi connectivity index (χ3v) is 5.58. The van der Waals surface area contributed by atoms with Crippen molar-refractivity contribution in [3.63, 3.8) is 0 Å². The number of fused-ring (bicyclic) bond motifs is 1. The molecule has 1 aliphatic rings. The predicted molar refractivity (Wildman–Crippen MR) is 111 cm³/mol. The first-order valence-electron chi connectivity index (χ1n) is 9.25. The number of thiazole rings is 1. The third kappa shape index (κ3) is 3.56. The van der Waals surface area contributed by atoms with Crippen LogP contribution in [0.4, 0.5) is 0 Å². The lowest BCUT2D eigenvalue weighted by atomic mass is 9.96. The van der Waals surface area contributed by atoms with Crippen LogP contribution in [-0.2, 0) is 9.53 Å². The molecular formula is C22H19N3O3S. The van der Waals surface area contributed by atoms with E-state index in [2.05, 4.69) is 9.98 Å². The van der Waals surface area contributed by atoms with Gasteiger partial charge in [0.2, 0.25) is 0 Å². The summed E-state index contributed by atoms with van der Waals surface area (Å²) in [5, 5.41) is 0. The normalized spacial score (nSPS) is 16.3. The maximum atomic E-state index is 13.3. The number of aromatic nitrogens is 2. The van der Waals surface area contributed by atoms with E-state index in [1.165, 1.54) is 11.3 Å². The van der Waals surface area contributed by atoms with Gasteiger partial charge in [-0.05, 0) is 37.6 Å². The van der Waals surface area contributed by atoms with Crippen molar-refractivity contribution in [1.82, 2.24) is 9.55 Å². The first-order valence-corrected chi connectivity index (χ1v) is 10.1. The number of benzene rings is 1. The van der Waals surface area contributed by atoms with Crippen molar-refractivity contribution < 1.29 is 9.53 Å². The zero-order chi connectivity index (χ0) is 20.4. The fraction of sp³-hybridized carbons (Fsp3) is 0.182. The summed E-state index contributed by atoms with van der Waals surface area (Å²) in [7, 11) is 0. The van der Waals surface area contributed by atoms with E-state index >= 15 is 0 Å². The van der Waals surface area contributed by atoms with Crippen LogP contribution in [0, 0.1) is 0 Å². The van der Waals surface area contributed by atoms with E-state index in [4.69, 9.17) is 4.74 Å². The smallest absolute Gasteiger partial charge is 0.338 e. The third-order valence-electron chi connectivity index (χ3n) is 4.60. The molecule has 2 aromatic heterocycles. The SMILES string of the molecule is CCOC(=O)C1=C(C)N=c2sc(=Cc3ccccn3)c(=O)n2[C@H]1c1ccccc1. The van der Waals surface area contributed by atoms with Gasteiger partial charge in [-0.25, -0.2) is 9.79 Å². The molecule has 0 aliphatic carbocycles. The van der Waals surface area contributed by atoms with Crippen LogP contribution in [0.2, 0.25) is 0 Å². The van der Waals surface area contributed by atoms with Gasteiger partial charge in [-0.15, -0.1) is 0 Å². The number of hydrogen-bond acceptors (Lipinski definition) is 6. The summed E-state index contributed by atoms with van der Waals surface area (Å²) in [4.78, 5) is 35.4. The largest absolute Gasteiger partial charge is 0.463 e. The van der Waals surface area contributed by atoms with Gasteiger partial charge in [0.05, 0.1) is 34.1 Å². The average Bonchev–Trinajstić information content (AvgIpc) is 3.03. The number of carbonyl (C=O) groups excluding carboxylic acids is 1. The van der Waals surface area contributed by atoms with Crippen LogP contribution < -0.4 is 14.9 Å². The molecule has 0 unspecified atom stereocenters. The molecule has 0 N–H and O–H groups in total. The summed E-state index contributed by atoms with van der Waals surface area (Å²) < 4.78 is 7.37. The van der Waals surface area contributed by atoms with Gasteiger partial charge in [-0.2, -0.15) is 0 Å². The molecule has 3 heterocycles. The number of carbonyl (C=O) groups is 1. The number of allylic oxidation sites excluding steroid dienone is 1. The maximum absolute atomic E-state index is 13.3. The van der Waals surface area contributed by atoms with Crippen LogP contribution in [0.3, 0.4) is 0 Å². The summed E-state index contributed by atoms with van der Waals surface area (Å²) >= 11 is 1.29. The Balaban J connectivity index is 1.96. The summed E-state index contributed by atoms with van der Waals surface area (Å²) in [6.07, 6.45) is 3.42. The first-order chi connectivity index (χ1) is 14.1. The molecule has 1 atom stereocenters. The van der Waals surface area contributed by atoms with Crippen molar-refractivity contribution in [2.45, 2.75) is 19.9 Å². The Morgan fingerprint density at radius 3 is 2.66 bits per heavy atom. The number of rotatable bonds is 4. The Labute approximate surface area is 171 Å². The van der Waals surface area contributed by atoms with Crippen LogP contribution in [0.1, 0.15) is 31.1 Å². The minimum Gasteiger partial charge on any atom is -0.463 e. The molecular weight excluding hydrogens is 386 g/mol. The van der Waals surface area contributed by atoms with Crippen LogP contribution in [-0.4, -0.2) is 22.1 Å². The molecule has 146 valence electrons. The Morgan fingerprint density at radius 1 is 1.21 bits per heavy atom. The van der Waals surface area contributed by atoms with E-state index in [9.17, 15) is 9.59 Å². The average molecular weight is 405 g/mol. The van der Waals surface area contributed by atoms with Gasteiger partial charge in [0.25, 0.3) is 5.56 Å². The minimum absolute atomic E-state index is 0.206. The lowest BCUT2D eigenvalue weighted by Crippen LogP contribution is -2.39. The molecule has 0 bridgehead atoms. The van der Waals surface area contributed by atoms with Gasteiger partial charge in [0.15, 0.2) is 4.80 Å². The molecule has 29 heavy (non-hydrogen) atoms. The monoisotopic (exact) mass is 405 g/mol. The van der Waals surface area contributed by atoms with Gasteiger partial charge < -0.3 is 4.74 Å². The summed E-state index contributed by atoms with van der Waals surface area (Å²) in [6, 6.07) is 14.4. The number of pyridine rings is 1. The summed E-state index contributed by atoms with van der Waals surface area (Å²) in [5.41, 5.74) is 2.26. The summed E-state index contributed by atoms with van der Waals surface area (Å²) in [5.74, 6) is -0.457. The quantitative estimate of drug-likeness (QED) is 0.624. The number of esters is 1. The maximum Gasteiger partial charge on any atom is 0.338 e. The van der Waals surface area contributed by atoms with Gasteiger partial charge in [-0.1, -0.05) is 47.7 Å². The van der Waals surface area contributed by atoms with Crippen molar-refractivity contribution >= 4 is 23.4 Å². The second-order valence-corrected chi connectivity index (χ2v) is 7.48. The molecule has 0 spiro atoms. The van der Waals surface area contributed by atoms with Gasteiger partial charge in [-0.3, -0.25) is 14.3 Å². The fourth-order valence-electron chi connectivity index (χ4n) is 3.34. The standard InChI is InChI=1S/C22H19N3O3S/c1-3-28-21(27)18-14(2)24-22-25(19(18)15-9-5-4-6-10-15)20(26)17(29-22)13-16-11-7-8-12-23-16/h4-13,19H,3H2,1-2H3/t19-/m0/s1. The molecule has 0 radical (unpaired) electrons. The molecule has 0 fully saturated rings. The molecule has 0 saturated heterocycles. The number of hydrogen-bond donors (Lipinski definition) is 0. The Morgan fingerprint density at radius 2 is 1.97 bits per heavy atom. The first kappa shape index (κ1) is 19.0. The minimum atomic E-state index is -0.586. The highest BCUT2D eigenvalue weighted by Crippen LogP contribution is 2.30. The molecule has 7 heteroatoms. The second-order valence-electron chi connectivity index (χ2n) is 6.47. The van der Waals surface area contributed by atoms with Crippen molar-refractivity contribution in [2.24, 2.45) is 4.99 Å². The molecule has 4 rings (SSSR count). The number of ether oxygens (including phenoxy) is 1. The van der Waals surface area contributed by atoms with Crippen LogP contribution >= 0.6 is 11.3 Å². The van der Waals surface area contributed by atoms with Crippen LogP contribution in [0.15, 0.2) is 75.8 Å². The van der Waals surface area contributed by atoms with Crippen molar-refractivity contribution in [2.75, 3.05) is 6.61 Å².